The van der Waals surface area contributed by atoms with Gasteiger partial charge in [-0.3, -0.25) is 9.59 Å². The van der Waals surface area contributed by atoms with Crippen LogP contribution in [0.1, 0.15) is 83.3 Å². The zero-order valence-electron chi connectivity index (χ0n) is 28.9. The summed E-state index contributed by atoms with van der Waals surface area (Å²) in [5.74, 6) is -3.11. The first-order chi connectivity index (χ1) is 22.5. The predicted octanol–water partition coefficient (Wildman–Crippen LogP) is 4.56. The molecule has 6 rings (SSSR count). The summed E-state index contributed by atoms with van der Waals surface area (Å²) in [6.45, 7) is 13.9. The van der Waals surface area contributed by atoms with Gasteiger partial charge in [-0.15, -0.1) is 0 Å². The highest BCUT2D eigenvalue weighted by Crippen LogP contribution is 2.67. The molecule has 0 aromatic heterocycles. The lowest BCUT2D eigenvalue weighted by atomic mass is 9.40. The number of amides is 1. The molecule has 2 bridgehead atoms. The number of nitrogens with one attached hydrogen (secondary N) is 1. The molecule has 1 amide bonds. The first-order valence-electron chi connectivity index (χ1n) is 17.1. The van der Waals surface area contributed by atoms with E-state index in [2.05, 4.69) is 12.2 Å². The smallest absolute Gasteiger partial charge is 0.338 e. The van der Waals surface area contributed by atoms with Gasteiger partial charge in [0.2, 0.25) is 0 Å². The molecule has 3 fully saturated rings. The number of ether oxygens (including phenoxy) is 2. The van der Waals surface area contributed by atoms with Gasteiger partial charge < -0.3 is 30.1 Å². The summed E-state index contributed by atoms with van der Waals surface area (Å²) < 4.78 is 12.0. The van der Waals surface area contributed by atoms with Crippen molar-refractivity contribution in [2.45, 2.75) is 97.4 Å². The van der Waals surface area contributed by atoms with Crippen LogP contribution in [0.15, 0.2) is 71.8 Å². The highest BCUT2D eigenvalue weighted by atomic mass is 16.6. The molecule has 258 valence electrons. The Bertz CT molecular complexity index is 1620. The molecule has 11 atom stereocenters. The number of hydrogen-bond donors (Lipinski definition) is 4. The zero-order chi connectivity index (χ0) is 35.0. The number of aliphatic hydroxyl groups excluding tert-OH is 2. The van der Waals surface area contributed by atoms with Crippen molar-refractivity contribution in [3.63, 3.8) is 0 Å². The van der Waals surface area contributed by atoms with E-state index >= 15 is 0 Å². The van der Waals surface area contributed by atoms with Gasteiger partial charge in [0.15, 0.2) is 6.10 Å². The van der Waals surface area contributed by atoms with E-state index in [0.717, 1.165) is 0 Å². The summed E-state index contributed by atoms with van der Waals surface area (Å²) in [5, 5.41) is 38.9. The maximum Gasteiger partial charge on any atom is 0.338 e. The van der Waals surface area contributed by atoms with Gasteiger partial charge in [0.25, 0.3) is 5.91 Å². The second-order valence-corrected chi connectivity index (χ2v) is 15.6. The van der Waals surface area contributed by atoms with Gasteiger partial charge in [0.05, 0.1) is 35.9 Å². The minimum atomic E-state index is -1.77. The normalized spacial score (nSPS) is 38.2. The number of hydrogen-bond acceptors (Lipinski definition) is 8. The molecule has 0 unspecified atom stereocenters. The summed E-state index contributed by atoms with van der Waals surface area (Å²) in [6.07, 6.45) is -3.49. The average molecular weight is 660 g/mol. The van der Waals surface area contributed by atoms with E-state index in [9.17, 15) is 29.7 Å². The van der Waals surface area contributed by atoms with Crippen LogP contribution in [0.5, 0.6) is 0 Å². The van der Waals surface area contributed by atoms with E-state index < -0.39 is 75.8 Å². The number of carbonyl (C=O) groups excluding carboxylic acids is 3. The van der Waals surface area contributed by atoms with Crippen LogP contribution in [0.25, 0.3) is 0 Å². The number of fused-ring (bicyclic) bond motifs is 5. The van der Waals surface area contributed by atoms with Crippen LogP contribution >= 0.6 is 0 Å². The van der Waals surface area contributed by atoms with Gasteiger partial charge in [-0.1, -0.05) is 83.1 Å². The maximum absolute atomic E-state index is 14.7. The Hall–Kier alpha value is -3.37. The minimum Gasteiger partial charge on any atom is -0.456 e. The van der Waals surface area contributed by atoms with E-state index in [4.69, 9.17) is 9.47 Å². The standard InChI is InChI=1S/C39H49NO8/c1-21-26(48-35(45)31(42)30(24-14-10-8-11-15-24)40-34(44)25-16-12-9-13-17-25)19-39(46)23(3)32-37(6)20-47-28(37)18-27(41)38(32,7)33(43)22(2)29(21)36(39,4)5/h8-17,22-23,26-28,30-32,41-42,46H,18-20H2,1-7H3,(H,40,44)/t22-,23+,26+,27+,28-,30+,31-,32-,37-,38-,39-/m1/s1. The molecular weight excluding hydrogens is 610 g/mol. The van der Waals surface area contributed by atoms with Gasteiger partial charge in [0.1, 0.15) is 11.9 Å². The van der Waals surface area contributed by atoms with Crippen molar-refractivity contribution in [3.05, 3.63) is 82.9 Å². The summed E-state index contributed by atoms with van der Waals surface area (Å²) in [4.78, 5) is 41.7. The number of aliphatic hydroxyl groups is 3. The number of esters is 1. The van der Waals surface area contributed by atoms with Gasteiger partial charge in [-0.25, -0.2) is 4.79 Å². The molecule has 9 nitrogen and oxygen atoms in total. The Morgan fingerprint density at radius 1 is 1.00 bits per heavy atom. The van der Waals surface area contributed by atoms with Crippen molar-refractivity contribution in [3.8, 4) is 0 Å². The molecule has 4 aliphatic rings. The van der Waals surface area contributed by atoms with E-state index in [1.165, 1.54) is 0 Å². The van der Waals surface area contributed by atoms with Crippen LogP contribution in [0.3, 0.4) is 0 Å². The second-order valence-electron chi connectivity index (χ2n) is 15.6. The summed E-state index contributed by atoms with van der Waals surface area (Å²) >= 11 is 0. The SMILES string of the molecule is CC1=C2[C@@H](C)C(=O)[C@@]3(C)[C@H]([C@H](C)[C@](O)(C[C@@H]1OC(=O)[C@H](O)[C@@H](NC(=O)c1ccccc1)c1ccccc1)C2(C)C)[C@]1(C)CO[C@@H]1C[C@@H]3O. The Kier molecular flexibility index (Phi) is 8.55. The molecule has 2 aromatic rings. The lowest BCUT2D eigenvalue weighted by Gasteiger charge is -2.68. The Labute approximate surface area is 282 Å². The number of benzene rings is 2. The number of carbonyl (C=O) groups is 3. The van der Waals surface area contributed by atoms with Crippen molar-refractivity contribution in [1.82, 2.24) is 5.32 Å². The lowest BCUT2D eigenvalue weighted by molar-refractivity contribution is -0.301. The Balaban J connectivity index is 1.37. The molecule has 9 heteroatoms. The lowest BCUT2D eigenvalue weighted by Crippen LogP contribution is -2.74. The van der Waals surface area contributed by atoms with Crippen LogP contribution in [0.2, 0.25) is 0 Å². The monoisotopic (exact) mass is 659 g/mol. The van der Waals surface area contributed by atoms with Gasteiger partial charge in [-0.2, -0.15) is 0 Å². The molecule has 48 heavy (non-hydrogen) atoms. The van der Waals surface area contributed by atoms with Gasteiger partial charge >= 0.3 is 5.97 Å². The van der Waals surface area contributed by atoms with E-state index in [1.54, 1.807) is 60.7 Å². The van der Waals surface area contributed by atoms with Crippen molar-refractivity contribution in [2.75, 3.05) is 6.61 Å². The molecule has 0 spiro atoms. The fraction of sp³-hybridized carbons (Fsp3) is 0.564. The molecule has 2 saturated carbocycles. The topological polar surface area (TPSA) is 142 Å². The summed E-state index contributed by atoms with van der Waals surface area (Å²) in [7, 11) is 0. The third kappa shape index (κ3) is 4.91. The molecule has 2 aromatic carbocycles. The van der Waals surface area contributed by atoms with Crippen LogP contribution in [-0.4, -0.2) is 69.6 Å². The van der Waals surface area contributed by atoms with Crippen LogP contribution in [0.4, 0.5) is 0 Å². The summed E-state index contributed by atoms with van der Waals surface area (Å²) in [5.41, 5.74) is -1.69. The van der Waals surface area contributed by atoms with Crippen molar-refractivity contribution in [1.29, 1.82) is 0 Å². The molecule has 1 heterocycles. The molecule has 3 aliphatic carbocycles. The quantitative estimate of drug-likeness (QED) is 0.261. The minimum absolute atomic E-state index is 0.0343. The first-order valence-corrected chi connectivity index (χ1v) is 17.1. The highest BCUT2D eigenvalue weighted by molar-refractivity contribution is 5.95. The maximum atomic E-state index is 14.7. The number of rotatable bonds is 6. The van der Waals surface area contributed by atoms with Crippen LogP contribution < -0.4 is 5.32 Å². The third-order valence-electron chi connectivity index (χ3n) is 12.9. The van der Waals surface area contributed by atoms with Crippen molar-refractivity contribution in [2.24, 2.45) is 34.0 Å². The molecule has 1 saturated heterocycles. The molecule has 4 N–H and O–H groups in total. The zero-order valence-corrected chi connectivity index (χ0v) is 28.9. The largest absolute Gasteiger partial charge is 0.456 e. The van der Waals surface area contributed by atoms with E-state index in [1.807, 2.05) is 41.5 Å². The van der Waals surface area contributed by atoms with Gasteiger partial charge in [-0.05, 0) is 54.5 Å². The van der Waals surface area contributed by atoms with Crippen molar-refractivity contribution < 1.29 is 39.2 Å². The third-order valence-corrected chi connectivity index (χ3v) is 12.9. The van der Waals surface area contributed by atoms with Crippen molar-refractivity contribution >= 4 is 17.7 Å². The highest BCUT2D eigenvalue weighted by Gasteiger charge is 2.72. The number of Topliss-reactive ketones (excluding diaryl/α,β-unsaturated/α-hetero) is 1. The van der Waals surface area contributed by atoms with Crippen LogP contribution in [0, 0.1) is 34.0 Å². The van der Waals surface area contributed by atoms with Gasteiger partial charge in [0, 0.05) is 35.2 Å². The number of ketones is 1. The second kappa shape index (κ2) is 11.9. The molecule has 0 radical (unpaired) electrons. The molecule has 1 aliphatic heterocycles. The van der Waals surface area contributed by atoms with Crippen LogP contribution in [-0.2, 0) is 19.1 Å². The molecular formula is C39H49NO8. The first kappa shape index (κ1) is 34.5. The van der Waals surface area contributed by atoms with E-state index in [0.29, 0.717) is 35.3 Å². The fourth-order valence-electron chi connectivity index (χ4n) is 10.2. The average Bonchev–Trinajstić information content (AvgIpc) is 3.06. The Morgan fingerprint density at radius 2 is 1.60 bits per heavy atom. The van der Waals surface area contributed by atoms with E-state index in [-0.39, 0.29) is 18.3 Å². The fourth-order valence-corrected chi connectivity index (χ4v) is 10.2. The predicted molar refractivity (Wildman–Crippen MR) is 178 cm³/mol. The Morgan fingerprint density at radius 3 is 2.19 bits per heavy atom. The summed E-state index contributed by atoms with van der Waals surface area (Å²) in [6, 6.07) is 16.2.